The molecule has 1 aliphatic carbocycles. The molecule has 3 nitrogen and oxygen atoms in total. The molecule has 1 saturated carbocycles. The Hall–Kier alpha value is -2.27. The molecule has 5 heteroatoms. The Morgan fingerprint density at radius 1 is 1.12 bits per heavy atom. The average molecular weight is 358 g/mol. The third kappa shape index (κ3) is 4.67. The first-order valence-electron chi connectivity index (χ1n) is 9.01. The first kappa shape index (κ1) is 18.5. The SMILES string of the molecule is CC(C)c1ccc(CN(CC(=O)Nc2c(F)cccc2F)C2CC2)cc1. The first-order valence-corrected chi connectivity index (χ1v) is 9.01. The summed E-state index contributed by atoms with van der Waals surface area (Å²) < 4.78 is 27.4. The maximum Gasteiger partial charge on any atom is 0.238 e. The van der Waals surface area contributed by atoms with Crippen LogP contribution in [0.5, 0.6) is 0 Å². The molecule has 1 fully saturated rings. The van der Waals surface area contributed by atoms with Crippen molar-refractivity contribution in [2.24, 2.45) is 0 Å². The second-order valence-corrected chi connectivity index (χ2v) is 7.18. The molecule has 1 aliphatic rings. The minimum atomic E-state index is -0.763. The molecule has 0 spiro atoms. The number of halogens is 2. The fourth-order valence-corrected chi connectivity index (χ4v) is 2.98. The summed E-state index contributed by atoms with van der Waals surface area (Å²) in [5, 5.41) is 2.37. The number of hydrogen-bond donors (Lipinski definition) is 1. The van der Waals surface area contributed by atoms with Gasteiger partial charge in [-0.25, -0.2) is 8.78 Å². The predicted octanol–water partition coefficient (Wildman–Crippen LogP) is 4.69. The zero-order valence-electron chi connectivity index (χ0n) is 15.1. The minimum absolute atomic E-state index is 0.115. The van der Waals surface area contributed by atoms with Crippen molar-refractivity contribution < 1.29 is 13.6 Å². The molecular formula is C21H24F2N2O. The molecule has 2 aromatic carbocycles. The van der Waals surface area contributed by atoms with E-state index in [9.17, 15) is 13.6 Å². The standard InChI is InChI=1S/C21H24F2N2O/c1-14(2)16-8-6-15(7-9-16)12-25(17-10-11-17)13-20(26)24-21-18(22)4-3-5-19(21)23/h3-9,14,17H,10-13H2,1-2H3,(H,24,26). The Kier molecular flexibility index (Phi) is 5.67. The van der Waals surface area contributed by atoms with Gasteiger partial charge in [0, 0.05) is 12.6 Å². The summed E-state index contributed by atoms with van der Waals surface area (Å²) in [6, 6.07) is 12.3. The highest BCUT2D eigenvalue weighted by Gasteiger charge is 2.30. The van der Waals surface area contributed by atoms with E-state index in [1.54, 1.807) is 0 Å². The smallest absolute Gasteiger partial charge is 0.238 e. The van der Waals surface area contributed by atoms with Crippen molar-refractivity contribution in [3.05, 3.63) is 65.2 Å². The monoisotopic (exact) mass is 358 g/mol. The fourth-order valence-electron chi connectivity index (χ4n) is 2.98. The van der Waals surface area contributed by atoms with Crippen molar-refractivity contribution in [1.82, 2.24) is 4.90 Å². The van der Waals surface area contributed by atoms with Gasteiger partial charge in [0.25, 0.3) is 0 Å². The van der Waals surface area contributed by atoms with Crippen LogP contribution in [0.3, 0.4) is 0 Å². The van der Waals surface area contributed by atoms with Crippen LogP contribution in [0.25, 0.3) is 0 Å². The summed E-state index contributed by atoms with van der Waals surface area (Å²) in [6.07, 6.45) is 2.09. The average Bonchev–Trinajstić information content (AvgIpc) is 3.43. The highest BCUT2D eigenvalue weighted by atomic mass is 19.1. The molecule has 1 N–H and O–H groups in total. The maximum atomic E-state index is 13.7. The maximum absolute atomic E-state index is 13.7. The summed E-state index contributed by atoms with van der Waals surface area (Å²) in [4.78, 5) is 14.4. The van der Waals surface area contributed by atoms with Crippen molar-refractivity contribution in [1.29, 1.82) is 0 Å². The molecule has 0 bridgehead atoms. The van der Waals surface area contributed by atoms with Crippen molar-refractivity contribution in [2.45, 2.75) is 45.2 Å². The van der Waals surface area contributed by atoms with E-state index in [4.69, 9.17) is 0 Å². The zero-order valence-corrected chi connectivity index (χ0v) is 15.1. The van der Waals surface area contributed by atoms with Crippen LogP contribution in [-0.2, 0) is 11.3 Å². The molecule has 2 aromatic rings. The Morgan fingerprint density at radius 3 is 2.27 bits per heavy atom. The van der Waals surface area contributed by atoms with Gasteiger partial charge in [-0.05, 0) is 42.0 Å². The zero-order chi connectivity index (χ0) is 18.7. The van der Waals surface area contributed by atoms with Gasteiger partial charge in [-0.1, -0.05) is 44.2 Å². The van der Waals surface area contributed by atoms with E-state index in [-0.39, 0.29) is 12.2 Å². The summed E-state index contributed by atoms with van der Waals surface area (Å²) in [6.45, 7) is 5.07. The van der Waals surface area contributed by atoms with Crippen molar-refractivity contribution in [2.75, 3.05) is 11.9 Å². The number of hydrogen-bond acceptors (Lipinski definition) is 2. The summed E-state index contributed by atoms with van der Waals surface area (Å²) >= 11 is 0. The molecule has 0 atom stereocenters. The number of benzene rings is 2. The molecule has 1 amide bonds. The molecular weight excluding hydrogens is 334 g/mol. The van der Waals surface area contributed by atoms with Gasteiger partial charge in [-0.15, -0.1) is 0 Å². The van der Waals surface area contributed by atoms with Gasteiger partial charge < -0.3 is 5.32 Å². The molecule has 0 radical (unpaired) electrons. The lowest BCUT2D eigenvalue weighted by Crippen LogP contribution is -2.34. The molecule has 3 rings (SSSR count). The highest BCUT2D eigenvalue weighted by Crippen LogP contribution is 2.28. The van der Waals surface area contributed by atoms with Crippen LogP contribution in [0.1, 0.15) is 43.7 Å². The number of nitrogens with one attached hydrogen (secondary N) is 1. The van der Waals surface area contributed by atoms with Gasteiger partial charge >= 0.3 is 0 Å². The van der Waals surface area contributed by atoms with E-state index in [1.807, 2.05) is 0 Å². The first-order chi connectivity index (χ1) is 12.4. The lowest BCUT2D eigenvalue weighted by Gasteiger charge is -2.22. The Morgan fingerprint density at radius 2 is 1.73 bits per heavy atom. The van der Waals surface area contributed by atoms with Crippen LogP contribution in [-0.4, -0.2) is 23.4 Å². The quantitative estimate of drug-likeness (QED) is 0.779. The molecule has 138 valence electrons. The number of para-hydroxylation sites is 1. The number of amides is 1. The molecule has 0 unspecified atom stereocenters. The molecule has 26 heavy (non-hydrogen) atoms. The van der Waals surface area contributed by atoms with E-state index in [0.717, 1.165) is 30.5 Å². The topological polar surface area (TPSA) is 32.3 Å². The van der Waals surface area contributed by atoms with E-state index >= 15 is 0 Å². The van der Waals surface area contributed by atoms with E-state index < -0.39 is 17.5 Å². The van der Waals surface area contributed by atoms with Gasteiger partial charge in [0.05, 0.1) is 6.54 Å². The minimum Gasteiger partial charge on any atom is -0.320 e. The Labute approximate surface area is 153 Å². The third-order valence-corrected chi connectivity index (χ3v) is 4.67. The molecule has 0 saturated heterocycles. The second kappa shape index (κ2) is 7.96. The number of anilines is 1. The van der Waals surface area contributed by atoms with Crippen molar-refractivity contribution >= 4 is 11.6 Å². The number of carbonyl (C=O) groups excluding carboxylic acids is 1. The van der Waals surface area contributed by atoms with Gasteiger partial charge in [0.15, 0.2) is 0 Å². The second-order valence-electron chi connectivity index (χ2n) is 7.18. The molecule has 0 aromatic heterocycles. The third-order valence-electron chi connectivity index (χ3n) is 4.67. The van der Waals surface area contributed by atoms with Crippen LogP contribution in [0.4, 0.5) is 14.5 Å². The lowest BCUT2D eigenvalue weighted by molar-refractivity contribution is -0.117. The molecule has 0 heterocycles. The summed E-state index contributed by atoms with van der Waals surface area (Å²) in [7, 11) is 0. The van der Waals surface area contributed by atoms with Gasteiger partial charge in [0.1, 0.15) is 17.3 Å². The number of rotatable bonds is 7. The van der Waals surface area contributed by atoms with Crippen molar-refractivity contribution in [3.8, 4) is 0 Å². The number of carbonyl (C=O) groups is 1. The van der Waals surface area contributed by atoms with Crippen LogP contribution >= 0.6 is 0 Å². The lowest BCUT2D eigenvalue weighted by atomic mass is 10.0. The predicted molar refractivity (Wildman–Crippen MR) is 99.0 cm³/mol. The Bertz CT molecular complexity index is 750. The van der Waals surface area contributed by atoms with Gasteiger partial charge in [-0.2, -0.15) is 0 Å². The summed E-state index contributed by atoms with van der Waals surface area (Å²) in [5.74, 6) is -1.45. The van der Waals surface area contributed by atoms with Crippen LogP contribution in [0, 0.1) is 11.6 Å². The van der Waals surface area contributed by atoms with Crippen LogP contribution < -0.4 is 5.32 Å². The molecule has 0 aliphatic heterocycles. The van der Waals surface area contributed by atoms with Gasteiger partial charge in [-0.3, -0.25) is 9.69 Å². The van der Waals surface area contributed by atoms with E-state index in [1.165, 1.54) is 11.6 Å². The Balaban J connectivity index is 1.64. The highest BCUT2D eigenvalue weighted by molar-refractivity contribution is 5.92. The van der Waals surface area contributed by atoms with Crippen LogP contribution in [0.15, 0.2) is 42.5 Å². The largest absolute Gasteiger partial charge is 0.320 e. The number of nitrogens with zero attached hydrogens (tertiary/aromatic N) is 1. The van der Waals surface area contributed by atoms with Crippen LogP contribution in [0.2, 0.25) is 0 Å². The summed E-state index contributed by atoms with van der Waals surface area (Å²) in [5.41, 5.74) is 2.03. The fraction of sp³-hybridized carbons (Fsp3) is 0.381. The normalized spacial score (nSPS) is 14.1. The van der Waals surface area contributed by atoms with Crippen molar-refractivity contribution in [3.63, 3.8) is 0 Å². The van der Waals surface area contributed by atoms with E-state index in [0.29, 0.717) is 18.5 Å². The van der Waals surface area contributed by atoms with Gasteiger partial charge in [0.2, 0.25) is 5.91 Å². The van der Waals surface area contributed by atoms with E-state index in [2.05, 4.69) is 48.3 Å².